The number of aliphatic hydroxyl groups excluding tert-OH is 1. The Labute approximate surface area is 78.0 Å². The summed E-state index contributed by atoms with van der Waals surface area (Å²) in [7, 11) is 0. The van der Waals surface area contributed by atoms with Gasteiger partial charge in [-0.3, -0.25) is 9.59 Å². The molecule has 2 atom stereocenters. The number of aliphatic imine (C=N–C) groups is 1. The van der Waals surface area contributed by atoms with Crippen molar-refractivity contribution in [2.45, 2.75) is 18.4 Å². The second-order valence-corrected chi connectivity index (χ2v) is 3.54. The number of nitrogens with one attached hydrogen (secondary N) is 1. The zero-order valence-corrected chi connectivity index (χ0v) is 7.54. The van der Waals surface area contributed by atoms with E-state index in [1.165, 1.54) is 6.92 Å². The van der Waals surface area contributed by atoms with E-state index in [4.69, 9.17) is 10.2 Å². The number of hydrogen-bond donors (Lipinski definition) is 3. The molecule has 13 heavy (non-hydrogen) atoms. The third-order valence-corrected chi connectivity index (χ3v) is 2.41. The van der Waals surface area contributed by atoms with Crippen LogP contribution in [-0.4, -0.2) is 38.7 Å². The number of carbonyl (C=O) groups is 2. The quantitative estimate of drug-likeness (QED) is 0.508. The number of amidine groups is 1. The van der Waals surface area contributed by atoms with E-state index in [0.717, 1.165) is 11.8 Å². The summed E-state index contributed by atoms with van der Waals surface area (Å²) >= 11 is 0.824. The van der Waals surface area contributed by atoms with Gasteiger partial charge in [0.25, 0.3) is 0 Å². The fourth-order valence-electron chi connectivity index (χ4n) is 0.790. The number of thioether (sulfide) groups is 1. The third-order valence-electron chi connectivity index (χ3n) is 1.29. The third kappa shape index (κ3) is 2.43. The standard InChI is InChI=1S/C6H8N2O4S/c1-2(9)7-6-8-4(10)3(13-6)5(11)12/h3-4,10H,1H3,(H,11,12)(H,7,8,9). The van der Waals surface area contributed by atoms with Gasteiger partial charge in [0.1, 0.15) is 0 Å². The lowest BCUT2D eigenvalue weighted by molar-refractivity contribution is -0.138. The topological polar surface area (TPSA) is 99.0 Å². The van der Waals surface area contributed by atoms with E-state index in [1.54, 1.807) is 0 Å². The SMILES string of the molecule is CC(=O)NC1=NC(O)C(C(=O)O)S1. The minimum Gasteiger partial charge on any atom is -0.480 e. The summed E-state index contributed by atoms with van der Waals surface area (Å²) in [6.07, 6.45) is -1.29. The Morgan fingerprint density at radius 3 is 2.62 bits per heavy atom. The van der Waals surface area contributed by atoms with Crippen molar-refractivity contribution in [1.29, 1.82) is 0 Å². The number of carbonyl (C=O) groups excluding carboxylic acids is 1. The summed E-state index contributed by atoms with van der Waals surface area (Å²) in [4.78, 5) is 24.6. The van der Waals surface area contributed by atoms with Crippen LogP contribution >= 0.6 is 11.8 Å². The molecule has 1 amide bonds. The number of rotatable bonds is 1. The minimum absolute atomic E-state index is 0.146. The Balaban J connectivity index is 2.60. The number of amides is 1. The fourth-order valence-corrected chi connectivity index (χ4v) is 1.69. The van der Waals surface area contributed by atoms with Crippen LogP contribution in [0.4, 0.5) is 0 Å². The summed E-state index contributed by atoms with van der Waals surface area (Å²) < 4.78 is 0. The molecule has 1 rings (SSSR count). The molecule has 7 heteroatoms. The first-order valence-corrected chi connectivity index (χ1v) is 4.31. The fraction of sp³-hybridized carbons (Fsp3) is 0.500. The molecule has 0 aromatic heterocycles. The largest absolute Gasteiger partial charge is 0.480 e. The van der Waals surface area contributed by atoms with Crippen molar-refractivity contribution in [3.63, 3.8) is 0 Å². The van der Waals surface area contributed by atoms with Gasteiger partial charge in [0.2, 0.25) is 5.91 Å². The van der Waals surface area contributed by atoms with Crippen molar-refractivity contribution < 1.29 is 19.8 Å². The molecule has 0 aromatic rings. The Morgan fingerprint density at radius 2 is 2.23 bits per heavy atom. The first-order chi connectivity index (χ1) is 6.00. The maximum absolute atomic E-state index is 10.5. The van der Waals surface area contributed by atoms with Crippen LogP contribution in [0.15, 0.2) is 4.99 Å². The first-order valence-electron chi connectivity index (χ1n) is 3.43. The van der Waals surface area contributed by atoms with Gasteiger partial charge >= 0.3 is 5.97 Å². The van der Waals surface area contributed by atoms with Crippen LogP contribution in [0.3, 0.4) is 0 Å². The van der Waals surface area contributed by atoms with E-state index >= 15 is 0 Å². The van der Waals surface area contributed by atoms with Crippen LogP contribution in [0.1, 0.15) is 6.92 Å². The summed E-state index contributed by atoms with van der Waals surface area (Å²) in [5, 5.41) is 19.1. The average Bonchev–Trinajstić information content (AvgIpc) is 2.29. The first kappa shape index (κ1) is 10.0. The predicted molar refractivity (Wildman–Crippen MR) is 46.3 cm³/mol. The van der Waals surface area contributed by atoms with E-state index in [-0.39, 0.29) is 11.1 Å². The van der Waals surface area contributed by atoms with Crippen molar-refractivity contribution in [2.75, 3.05) is 0 Å². The van der Waals surface area contributed by atoms with Gasteiger partial charge in [-0.15, -0.1) is 0 Å². The molecule has 0 fully saturated rings. The number of nitrogens with zero attached hydrogens (tertiary/aromatic N) is 1. The lowest BCUT2D eigenvalue weighted by Crippen LogP contribution is -2.27. The molecule has 6 nitrogen and oxygen atoms in total. The van der Waals surface area contributed by atoms with Crippen LogP contribution < -0.4 is 5.32 Å². The van der Waals surface area contributed by atoms with E-state index in [0.29, 0.717) is 0 Å². The van der Waals surface area contributed by atoms with Crippen LogP contribution in [0.25, 0.3) is 0 Å². The maximum Gasteiger partial charge on any atom is 0.321 e. The molecule has 0 bridgehead atoms. The average molecular weight is 204 g/mol. The highest BCUT2D eigenvalue weighted by Crippen LogP contribution is 2.24. The van der Waals surface area contributed by atoms with Crippen molar-refractivity contribution >= 4 is 28.8 Å². The van der Waals surface area contributed by atoms with E-state index in [9.17, 15) is 9.59 Å². The normalized spacial score (nSPS) is 26.8. The number of hydrogen-bond acceptors (Lipinski definition) is 5. The van der Waals surface area contributed by atoms with Gasteiger partial charge in [0.05, 0.1) is 0 Å². The molecular weight excluding hydrogens is 196 g/mol. The lowest BCUT2D eigenvalue weighted by Gasteiger charge is -2.04. The Kier molecular flexibility index (Phi) is 2.89. The van der Waals surface area contributed by atoms with E-state index < -0.39 is 17.4 Å². The van der Waals surface area contributed by atoms with Crippen molar-refractivity contribution in [1.82, 2.24) is 5.32 Å². The molecule has 1 aliphatic heterocycles. The smallest absolute Gasteiger partial charge is 0.321 e. The Bertz CT molecular complexity index is 278. The van der Waals surface area contributed by atoms with Crippen LogP contribution in [0.2, 0.25) is 0 Å². The Hall–Kier alpha value is -1.08. The molecule has 3 N–H and O–H groups in total. The summed E-state index contributed by atoms with van der Waals surface area (Å²) in [6, 6.07) is 0. The van der Waals surface area contributed by atoms with Gasteiger partial charge in [0, 0.05) is 6.92 Å². The molecule has 0 saturated carbocycles. The molecule has 1 aliphatic rings. The summed E-state index contributed by atoms with van der Waals surface area (Å²) in [6.45, 7) is 1.28. The molecule has 2 unspecified atom stereocenters. The molecule has 1 heterocycles. The van der Waals surface area contributed by atoms with Crippen LogP contribution in [0.5, 0.6) is 0 Å². The minimum atomic E-state index is -1.29. The predicted octanol–water partition coefficient (Wildman–Crippen LogP) is -1.00. The number of aliphatic hydroxyl groups is 1. The van der Waals surface area contributed by atoms with Gasteiger partial charge in [0.15, 0.2) is 16.6 Å². The highest BCUT2D eigenvalue weighted by molar-refractivity contribution is 8.15. The molecule has 0 aliphatic carbocycles. The second-order valence-electron chi connectivity index (χ2n) is 2.41. The van der Waals surface area contributed by atoms with Crippen LogP contribution in [-0.2, 0) is 9.59 Å². The second kappa shape index (κ2) is 3.75. The highest BCUT2D eigenvalue weighted by Gasteiger charge is 2.34. The summed E-state index contributed by atoms with van der Waals surface area (Å²) in [5.41, 5.74) is 0. The van der Waals surface area contributed by atoms with Gasteiger partial charge in [-0.1, -0.05) is 11.8 Å². The van der Waals surface area contributed by atoms with Crippen LogP contribution in [0, 0.1) is 0 Å². The number of aliphatic carboxylic acids is 1. The van der Waals surface area contributed by atoms with E-state index in [2.05, 4.69) is 10.3 Å². The monoisotopic (exact) mass is 204 g/mol. The molecule has 0 radical (unpaired) electrons. The van der Waals surface area contributed by atoms with Gasteiger partial charge in [-0.25, -0.2) is 4.99 Å². The maximum atomic E-state index is 10.5. The van der Waals surface area contributed by atoms with Gasteiger partial charge in [-0.2, -0.15) is 0 Å². The number of carboxylic acid groups (broad SMARTS) is 1. The lowest BCUT2D eigenvalue weighted by atomic mass is 10.4. The molecular formula is C6H8N2O4S. The zero-order chi connectivity index (χ0) is 10.0. The Morgan fingerprint density at radius 1 is 1.62 bits per heavy atom. The van der Waals surface area contributed by atoms with Crippen molar-refractivity contribution in [3.05, 3.63) is 0 Å². The molecule has 0 saturated heterocycles. The molecule has 0 aromatic carbocycles. The summed E-state index contributed by atoms with van der Waals surface area (Å²) in [5.74, 6) is -1.49. The highest BCUT2D eigenvalue weighted by atomic mass is 32.2. The molecule has 0 spiro atoms. The van der Waals surface area contributed by atoms with Crippen molar-refractivity contribution in [2.24, 2.45) is 4.99 Å². The zero-order valence-electron chi connectivity index (χ0n) is 6.72. The van der Waals surface area contributed by atoms with E-state index in [1.807, 2.05) is 0 Å². The van der Waals surface area contributed by atoms with Gasteiger partial charge < -0.3 is 15.5 Å². The van der Waals surface area contributed by atoms with Crippen molar-refractivity contribution in [3.8, 4) is 0 Å². The van der Waals surface area contributed by atoms with Gasteiger partial charge in [-0.05, 0) is 0 Å². The number of carboxylic acids is 1. The molecule has 72 valence electrons.